The van der Waals surface area contributed by atoms with Gasteiger partial charge in [-0.25, -0.2) is 0 Å². The molecule has 2 aliphatic rings. The smallest absolute Gasteiger partial charge is 0.166 e. The Morgan fingerprint density at radius 2 is 1.48 bits per heavy atom. The van der Waals surface area contributed by atoms with Gasteiger partial charge in [0, 0.05) is 5.56 Å². The molecule has 31 heavy (non-hydrogen) atoms. The fourth-order valence-corrected chi connectivity index (χ4v) is 5.49. The molecule has 2 aliphatic carbocycles. The van der Waals surface area contributed by atoms with Crippen molar-refractivity contribution in [2.75, 3.05) is 0 Å². The topological polar surface area (TPSA) is 0 Å². The molecule has 2 saturated carbocycles. The van der Waals surface area contributed by atoms with Gasteiger partial charge < -0.3 is 0 Å². The van der Waals surface area contributed by atoms with E-state index in [-0.39, 0.29) is 0 Å². The minimum absolute atomic E-state index is 0.600. The van der Waals surface area contributed by atoms with Crippen molar-refractivity contribution in [1.29, 1.82) is 0 Å². The summed E-state index contributed by atoms with van der Waals surface area (Å²) in [5, 5.41) is 0. The molecule has 0 aliphatic heterocycles. The van der Waals surface area contributed by atoms with Crippen LogP contribution in [0.4, 0.5) is 13.2 Å². The van der Waals surface area contributed by atoms with Crippen LogP contribution in [0.15, 0.2) is 36.4 Å². The molecule has 1 aromatic carbocycles. The maximum atomic E-state index is 12.6. The fourth-order valence-electron chi connectivity index (χ4n) is 5.49. The maximum Gasteiger partial charge on any atom is 0.416 e. The van der Waals surface area contributed by atoms with E-state index in [9.17, 15) is 13.2 Å². The molecule has 1 aromatic rings. The van der Waals surface area contributed by atoms with Crippen molar-refractivity contribution >= 4 is 0 Å². The predicted molar refractivity (Wildman–Crippen MR) is 123 cm³/mol. The van der Waals surface area contributed by atoms with E-state index >= 15 is 0 Å². The van der Waals surface area contributed by atoms with Crippen LogP contribution < -0.4 is 0 Å². The van der Waals surface area contributed by atoms with Gasteiger partial charge in [-0.15, -0.1) is 0 Å². The van der Waals surface area contributed by atoms with Gasteiger partial charge in [-0.3, -0.25) is 0 Å². The average Bonchev–Trinajstić information content (AvgIpc) is 2.78. The van der Waals surface area contributed by atoms with Crippen molar-refractivity contribution in [3.8, 4) is 11.8 Å². The molecule has 0 unspecified atom stereocenters. The van der Waals surface area contributed by atoms with E-state index in [0.717, 1.165) is 29.9 Å². The third-order valence-electron chi connectivity index (χ3n) is 7.47. The van der Waals surface area contributed by atoms with Crippen molar-refractivity contribution in [3.63, 3.8) is 0 Å². The first-order valence-electron chi connectivity index (χ1n) is 12.3. The van der Waals surface area contributed by atoms with Crippen LogP contribution in [0.25, 0.3) is 0 Å². The van der Waals surface area contributed by atoms with Gasteiger partial charge in [0.05, 0.1) is 5.56 Å². The standard InChI is InChI=1S/C28H37F3/c1-2-3-4-7-22-10-16-25(17-11-22)26-18-12-23(13-19-26)8-5-6-9-24-14-20-27(21-15-24)28(29,30)31/h5,8,14-15,20-23,25-26H,2-4,7,10-13,16-19H2,1H3/t22-,23?,25-,26?. The highest BCUT2D eigenvalue weighted by atomic mass is 19.4. The van der Waals surface area contributed by atoms with Gasteiger partial charge in [-0.1, -0.05) is 63.4 Å². The molecule has 0 saturated heterocycles. The molecule has 170 valence electrons. The molecule has 0 spiro atoms. The number of halogens is 3. The van der Waals surface area contributed by atoms with Gasteiger partial charge in [-0.05, 0) is 92.5 Å². The van der Waals surface area contributed by atoms with E-state index in [4.69, 9.17) is 0 Å². The van der Waals surface area contributed by atoms with Crippen LogP contribution in [-0.2, 0) is 6.18 Å². The Bertz CT molecular complexity index is 731. The third kappa shape index (κ3) is 7.74. The summed E-state index contributed by atoms with van der Waals surface area (Å²) in [7, 11) is 0. The van der Waals surface area contributed by atoms with Crippen LogP contribution >= 0.6 is 0 Å². The molecule has 0 amide bonds. The number of alkyl halides is 3. The fraction of sp³-hybridized carbons (Fsp3) is 0.643. The lowest BCUT2D eigenvalue weighted by Crippen LogP contribution is -2.25. The van der Waals surface area contributed by atoms with E-state index in [1.807, 2.05) is 6.08 Å². The molecule has 0 heterocycles. The summed E-state index contributed by atoms with van der Waals surface area (Å²) in [4.78, 5) is 0. The monoisotopic (exact) mass is 430 g/mol. The number of unbranched alkanes of at least 4 members (excludes halogenated alkanes) is 2. The normalized spacial score (nSPS) is 27.1. The minimum atomic E-state index is -4.29. The van der Waals surface area contributed by atoms with Crippen LogP contribution in [0.3, 0.4) is 0 Å². The van der Waals surface area contributed by atoms with Gasteiger partial charge in [-0.2, -0.15) is 13.2 Å². The van der Waals surface area contributed by atoms with Gasteiger partial charge in [0.25, 0.3) is 0 Å². The lowest BCUT2D eigenvalue weighted by atomic mass is 9.68. The molecular formula is C28H37F3. The summed E-state index contributed by atoms with van der Waals surface area (Å²) in [6.45, 7) is 2.29. The molecule has 2 fully saturated rings. The second-order valence-electron chi connectivity index (χ2n) is 9.66. The van der Waals surface area contributed by atoms with E-state index in [2.05, 4.69) is 24.8 Å². The zero-order chi connectivity index (χ0) is 22.1. The third-order valence-corrected chi connectivity index (χ3v) is 7.47. The van der Waals surface area contributed by atoms with Crippen LogP contribution in [0.1, 0.15) is 95.1 Å². The van der Waals surface area contributed by atoms with Gasteiger partial charge in [0.2, 0.25) is 0 Å². The van der Waals surface area contributed by atoms with Gasteiger partial charge in [0.1, 0.15) is 0 Å². The first-order valence-corrected chi connectivity index (χ1v) is 12.3. The van der Waals surface area contributed by atoms with Crippen molar-refractivity contribution in [2.45, 2.75) is 90.1 Å². The molecular weight excluding hydrogens is 393 g/mol. The van der Waals surface area contributed by atoms with E-state index in [1.165, 1.54) is 89.2 Å². The second kappa shape index (κ2) is 11.8. The first kappa shape index (κ1) is 24.0. The molecule has 3 heteroatoms. The van der Waals surface area contributed by atoms with Gasteiger partial charge >= 0.3 is 6.18 Å². The molecule has 3 rings (SSSR count). The summed E-state index contributed by atoms with van der Waals surface area (Å²) in [6.07, 6.45) is 16.4. The Morgan fingerprint density at radius 1 is 0.871 bits per heavy atom. The lowest BCUT2D eigenvalue weighted by Gasteiger charge is -2.37. The SMILES string of the molecule is CCCCC[C@H]1CC[C@H](C2CCC(C=CC#Cc3ccc(C(F)(F)F)cc3)CC2)CC1. The van der Waals surface area contributed by atoms with Crippen molar-refractivity contribution in [3.05, 3.63) is 47.5 Å². The molecule has 0 aromatic heterocycles. The number of rotatable bonds is 6. The van der Waals surface area contributed by atoms with E-state index in [0.29, 0.717) is 11.5 Å². The molecule has 0 atom stereocenters. The molecule has 0 N–H and O–H groups in total. The number of hydrogen-bond donors (Lipinski definition) is 0. The lowest BCUT2D eigenvalue weighted by molar-refractivity contribution is -0.137. The molecule has 0 bridgehead atoms. The van der Waals surface area contributed by atoms with Crippen LogP contribution in [-0.4, -0.2) is 0 Å². The van der Waals surface area contributed by atoms with Gasteiger partial charge in [0.15, 0.2) is 0 Å². The average molecular weight is 431 g/mol. The van der Waals surface area contributed by atoms with Crippen molar-refractivity contribution in [2.24, 2.45) is 23.7 Å². The summed E-state index contributed by atoms with van der Waals surface area (Å²) < 4.78 is 37.8. The quantitative estimate of drug-likeness (QED) is 0.312. The molecule has 0 radical (unpaired) electrons. The Morgan fingerprint density at radius 3 is 2.06 bits per heavy atom. The van der Waals surface area contributed by atoms with Crippen LogP contribution in [0.5, 0.6) is 0 Å². The Hall–Kier alpha value is -1.69. The summed E-state index contributed by atoms with van der Waals surface area (Å²) in [5.74, 6) is 9.40. The Labute approximate surface area is 186 Å². The zero-order valence-electron chi connectivity index (χ0n) is 18.9. The van der Waals surface area contributed by atoms with Crippen LogP contribution in [0, 0.1) is 35.5 Å². The summed E-state index contributed by atoms with van der Waals surface area (Å²) >= 11 is 0. The summed E-state index contributed by atoms with van der Waals surface area (Å²) in [5.41, 5.74) is -0.0120. The zero-order valence-corrected chi connectivity index (χ0v) is 18.9. The molecule has 0 nitrogen and oxygen atoms in total. The van der Waals surface area contributed by atoms with E-state index < -0.39 is 11.7 Å². The van der Waals surface area contributed by atoms with Crippen molar-refractivity contribution in [1.82, 2.24) is 0 Å². The summed E-state index contributed by atoms with van der Waals surface area (Å²) in [6, 6.07) is 5.06. The highest BCUT2D eigenvalue weighted by Crippen LogP contribution is 2.42. The Balaban J connectivity index is 1.37. The van der Waals surface area contributed by atoms with Crippen molar-refractivity contribution < 1.29 is 13.2 Å². The van der Waals surface area contributed by atoms with Crippen LogP contribution in [0.2, 0.25) is 0 Å². The Kier molecular flexibility index (Phi) is 9.12. The number of allylic oxidation sites excluding steroid dienone is 2. The minimum Gasteiger partial charge on any atom is -0.166 e. The highest BCUT2D eigenvalue weighted by molar-refractivity contribution is 5.39. The predicted octanol–water partition coefficient (Wildman–Crippen LogP) is 8.81. The number of hydrogen-bond acceptors (Lipinski definition) is 0. The van der Waals surface area contributed by atoms with E-state index in [1.54, 1.807) is 0 Å². The largest absolute Gasteiger partial charge is 0.416 e. The highest BCUT2D eigenvalue weighted by Gasteiger charge is 2.30. The first-order chi connectivity index (χ1) is 15.0. The maximum absolute atomic E-state index is 12.6. The second-order valence-corrected chi connectivity index (χ2v) is 9.66. The number of benzene rings is 1.